The smallest absolute Gasteiger partial charge is 0.264 e. The first-order valence-corrected chi connectivity index (χ1v) is 7.14. The molecule has 0 radical (unpaired) electrons. The molecule has 2 rings (SSSR count). The van der Waals surface area contributed by atoms with Crippen LogP contribution in [0.25, 0.3) is 0 Å². The zero-order valence-electron chi connectivity index (χ0n) is 11.7. The van der Waals surface area contributed by atoms with Gasteiger partial charge in [-0.1, -0.05) is 12.1 Å². The van der Waals surface area contributed by atoms with E-state index in [2.05, 4.69) is 5.32 Å². The molecule has 0 aliphatic heterocycles. The van der Waals surface area contributed by atoms with Gasteiger partial charge in [-0.25, -0.2) is 4.39 Å². The van der Waals surface area contributed by atoms with Crippen molar-refractivity contribution in [3.8, 4) is 0 Å². The molecule has 21 heavy (non-hydrogen) atoms. The van der Waals surface area contributed by atoms with Crippen molar-refractivity contribution in [3.63, 3.8) is 0 Å². The number of nitrogens with one attached hydrogen (secondary N) is 1. The molecule has 0 saturated carbocycles. The maximum Gasteiger partial charge on any atom is 0.264 e. The monoisotopic (exact) mass is 306 g/mol. The van der Waals surface area contributed by atoms with Crippen LogP contribution in [0.2, 0.25) is 0 Å². The Labute approximate surface area is 126 Å². The highest BCUT2D eigenvalue weighted by atomic mass is 32.1. The normalized spacial score (nSPS) is 10.2. The third kappa shape index (κ3) is 4.13. The van der Waals surface area contributed by atoms with E-state index in [-0.39, 0.29) is 17.6 Å². The van der Waals surface area contributed by atoms with E-state index < -0.39 is 0 Å². The summed E-state index contributed by atoms with van der Waals surface area (Å²) in [5, 5.41) is 3.27. The molecular formula is C15H15FN2O2S. The second kappa shape index (κ2) is 6.49. The van der Waals surface area contributed by atoms with Crippen LogP contribution in [-0.2, 0) is 11.3 Å². The van der Waals surface area contributed by atoms with Gasteiger partial charge < -0.3 is 10.2 Å². The van der Waals surface area contributed by atoms with Crippen LogP contribution in [0.4, 0.5) is 9.39 Å². The Kier molecular flexibility index (Phi) is 4.70. The Bertz CT molecular complexity index is 669. The number of nitrogens with zero attached hydrogens (tertiary/aromatic N) is 1. The number of amides is 2. The van der Waals surface area contributed by atoms with Crippen LogP contribution in [0.1, 0.15) is 22.2 Å². The van der Waals surface area contributed by atoms with Gasteiger partial charge in [-0.3, -0.25) is 9.59 Å². The topological polar surface area (TPSA) is 49.4 Å². The third-order valence-electron chi connectivity index (χ3n) is 2.77. The van der Waals surface area contributed by atoms with E-state index >= 15 is 0 Å². The molecule has 1 heterocycles. The van der Waals surface area contributed by atoms with E-state index in [1.54, 1.807) is 31.3 Å². The van der Waals surface area contributed by atoms with Gasteiger partial charge in [0.05, 0.1) is 9.88 Å². The van der Waals surface area contributed by atoms with Crippen LogP contribution in [0, 0.1) is 5.82 Å². The zero-order valence-corrected chi connectivity index (χ0v) is 12.5. The number of anilines is 1. The Balaban J connectivity index is 2.05. The van der Waals surface area contributed by atoms with E-state index in [0.29, 0.717) is 16.4 Å². The van der Waals surface area contributed by atoms with Gasteiger partial charge in [-0.05, 0) is 29.8 Å². The van der Waals surface area contributed by atoms with Crippen LogP contribution < -0.4 is 5.32 Å². The number of carbonyl (C=O) groups excluding carboxylic acids is 2. The number of thiophene rings is 1. The standard InChI is InChI=1S/C15H15FN2O2S/c1-10(19)17-14-7-6-13(21-14)15(20)18(2)9-11-4-3-5-12(16)8-11/h3-8H,9H2,1-2H3,(H,17,19). The highest BCUT2D eigenvalue weighted by molar-refractivity contribution is 7.18. The zero-order chi connectivity index (χ0) is 15.4. The van der Waals surface area contributed by atoms with Gasteiger partial charge >= 0.3 is 0 Å². The van der Waals surface area contributed by atoms with E-state index in [0.717, 1.165) is 5.56 Å². The summed E-state index contributed by atoms with van der Waals surface area (Å²) in [5.41, 5.74) is 0.726. The minimum atomic E-state index is -0.322. The average Bonchev–Trinajstić information content (AvgIpc) is 2.85. The van der Waals surface area contributed by atoms with E-state index in [1.807, 2.05) is 0 Å². The maximum absolute atomic E-state index is 13.1. The summed E-state index contributed by atoms with van der Waals surface area (Å²) in [6, 6.07) is 9.51. The number of hydrogen-bond donors (Lipinski definition) is 1. The molecule has 1 aromatic carbocycles. The van der Waals surface area contributed by atoms with Crippen LogP contribution >= 0.6 is 11.3 Å². The van der Waals surface area contributed by atoms with Crippen molar-refractivity contribution in [1.82, 2.24) is 4.90 Å². The molecule has 0 saturated heterocycles. The highest BCUT2D eigenvalue weighted by Crippen LogP contribution is 2.23. The largest absolute Gasteiger partial charge is 0.337 e. The molecule has 0 aliphatic carbocycles. The van der Waals surface area contributed by atoms with Gasteiger partial charge in [0.25, 0.3) is 5.91 Å². The fourth-order valence-electron chi connectivity index (χ4n) is 1.86. The van der Waals surface area contributed by atoms with Gasteiger partial charge in [-0.2, -0.15) is 0 Å². The first kappa shape index (κ1) is 15.2. The summed E-state index contributed by atoms with van der Waals surface area (Å²) >= 11 is 1.21. The van der Waals surface area contributed by atoms with Crippen LogP contribution in [0.15, 0.2) is 36.4 Å². The second-order valence-electron chi connectivity index (χ2n) is 4.64. The molecule has 2 amide bonds. The lowest BCUT2D eigenvalue weighted by atomic mass is 10.2. The summed E-state index contributed by atoms with van der Waals surface area (Å²) in [6.45, 7) is 1.74. The number of halogens is 1. The SMILES string of the molecule is CC(=O)Nc1ccc(C(=O)N(C)Cc2cccc(F)c2)s1. The number of rotatable bonds is 4. The van der Waals surface area contributed by atoms with Crippen LogP contribution in [0.5, 0.6) is 0 Å². The fraction of sp³-hybridized carbons (Fsp3) is 0.200. The Morgan fingerprint density at radius 3 is 2.71 bits per heavy atom. The number of benzene rings is 1. The van der Waals surface area contributed by atoms with Crippen molar-refractivity contribution < 1.29 is 14.0 Å². The molecule has 1 N–H and O–H groups in total. The van der Waals surface area contributed by atoms with Crippen molar-refractivity contribution in [2.45, 2.75) is 13.5 Å². The van der Waals surface area contributed by atoms with E-state index in [1.165, 1.54) is 35.3 Å². The summed E-state index contributed by atoms with van der Waals surface area (Å²) in [6.07, 6.45) is 0. The molecule has 0 bridgehead atoms. The van der Waals surface area contributed by atoms with Gasteiger partial charge in [0, 0.05) is 20.5 Å². The maximum atomic E-state index is 13.1. The molecule has 1 aromatic heterocycles. The lowest BCUT2D eigenvalue weighted by Crippen LogP contribution is -2.25. The first-order valence-electron chi connectivity index (χ1n) is 6.33. The molecule has 0 spiro atoms. The summed E-state index contributed by atoms with van der Waals surface area (Å²) in [7, 11) is 1.66. The van der Waals surface area contributed by atoms with Crippen molar-refractivity contribution in [1.29, 1.82) is 0 Å². The Hall–Kier alpha value is -2.21. The predicted octanol–water partition coefficient (Wildman–Crippen LogP) is 3.12. The third-order valence-corrected chi connectivity index (χ3v) is 3.76. The van der Waals surface area contributed by atoms with E-state index in [4.69, 9.17) is 0 Å². The average molecular weight is 306 g/mol. The number of carbonyl (C=O) groups is 2. The van der Waals surface area contributed by atoms with Crippen LogP contribution in [-0.4, -0.2) is 23.8 Å². The molecule has 2 aromatic rings. The molecular weight excluding hydrogens is 291 g/mol. The van der Waals surface area contributed by atoms with Crippen molar-refractivity contribution in [2.75, 3.05) is 12.4 Å². The molecule has 0 unspecified atom stereocenters. The van der Waals surface area contributed by atoms with Crippen molar-refractivity contribution >= 4 is 28.2 Å². The first-order chi connectivity index (χ1) is 9.95. The second-order valence-corrected chi connectivity index (χ2v) is 5.72. The highest BCUT2D eigenvalue weighted by Gasteiger charge is 2.15. The van der Waals surface area contributed by atoms with Crippen LogP contribution in [0.3, 0.4) is 0 Å². The summed E-state index contributed by atoms with van der Waals surface area (Å²) in [5.74, 6) is -0.665. The van der Waals surface area contributed by atoms with Gasteiger partial charge in [-0.15, -0.1) is 11.3 Å². The fourth-order valence-corrected chi connectivity index (χ4v) is 2.81. The number of hydrogen-bond acceptors (Lipinski definition) is 3. The Morgan fingerprint density at radius 1 is 1.29 bits per heavy atom. The molecule has 0 fully saturated rings. The predicted molar refractivity (Wildman–Crippen MR) is 80.8 cm³/mol. The molecule has 0 aliphatic rings. The van der Waals surface area contributed by atoms with Crippen molar-refractivity contribution in [3.05, 3.63) is 52.7 Å². The van der Waals surface area contributed by atoms with Gasteiger partial charge in [0.2, 0.25) is 5.91 Å². The lowest BCUT2D eigenvalue weighted by molar-refractivity contribution is -0.114. The van der Waals surface area contributed by atoms with Gasteiger partial charge in [0.15, 0.2) is 0 Å². The van der Waals surface area contributed by atoms with E-state index in [9.17, 15) is 14.0 Å². The molecule has 6 heteroatoms. The minimum Gasteiger partial charge on any atom is -0.337 e. The van der Waals surface area contributed by atoms with Crippen molar-refractivity contribution in [2.24, 2.45) is 0 Å². The molecule has 110 valence electrons. The molecule has 4 nitrogen and oxygen atoms in total. The summed E-state index contributed by atoms with van der Waals surface area (Å²) < 4.78 is 13.1. The quantitative estimate of drug-likeness (QED) is 0.943. The summed E-state index contributed by atoms with van der Waals surface area (Å²) in [4.78, 5) is 25.3. The minimum absolute atomic E-state index is 0.166. The molecule has 0 atom stereocenters. The Morgan fingerprint density at radius 2 is 2.05 bits per heavy atom. The van der Waals surface area contributed by atoms with Gasteiger partial charge in [0.1, 0.15) is 5.82 Å². The lowest BCUT2D eigenvalue weighted by Gasteiger charge is -2.16.